The Morgan fingerprint density at radius 2 is 2.05 bits per heavy atom. The molecule has 1 unspecified atom stereocenters. The van der Waals surface area contributed by atoms with Gasteiger partial charge in [0.1, 0.15) is 6.04 Å². The van der Waals surface area contributed by atoms with E-state index in [1.165, 1.54) is 5.56 Å². The van der Waals surface area contributed by atoms with E-state index in [2.05, 4.69) is 32.2 Å². The number of benzene rings is 1. The van der Waals surface area contributed by atoms with E-state index in [9.17, 15) is 9.90 Å². The first-order valence-corrected chi connectivity index (χ1v) is 6.71. The molecule has 0 radical (unpaired) electrons. The van der Waals surface area contributed by atoms with E-state index >= 15 is 0 Å². The number of hydrogen-bond donors (Lipinski definition) is 2. The lowest BCUT2D eigenvalue weighted by Gasteiger charge is -2.38. The van der Waals surface area contributed by atoms with Gasteiger partial charge in [-0.3, -0.25) is 0 Å². The van der Waals surface area contributed by atoms with E-state index < -0.39 is 12.0 Å². The molecule has 0 amide bonds. The number of carboxylic acids is 1. The Kier molecular flexibility index (Phi) is 3.80. The van der Waals surface area contributed by atoms with Crippen LogP contribution in [0.5, 0.6) is 0 Å². The van der Waals surface area contributed by atoms with Crippen LogP contribution in [0.15, 0.2) is 24.3 Å². The lowest BCUT2D eigenvalue weighted by Crippen LogP contribution is -2.55. The van der Waals surface area contributed by atoms with Crippen molar-refractivity contribution >= 4 is 11.7 Å². The predicted octanol–water partition coefficient (Wildman–Crippen LogP) is 1.85. The molecule has 2 N–H and O–H groups in total. The van der Waals surface area contributed by atoms with E-state index in [1.54, 1.807) is 0 Å². The van der Waals surface area contributed by atoms with Crippen molar-refractivity contribution in [2.24, 2.45) is 0 Å². The van der Waals surface area contributed by atoms with E-state index in [1.807, 2.05) is 23.1 Å². The molecule has 1 aliphatic rings. The highest BCUT2D eigenvalue weighted by molar-refractivity contribution is 5.79. The van der Waals surface area contributed by atoms with Crippen molar-refractivity contribution in [3.8, 4) is 0 Å². The van der Waals surface area contributed by atoms with Crippen LogP contribution in [0.1, 0.15) is 26.3 Å². The molecule has 4 nitrogen and oxygen atoms in total. The van der Waals surface area contributed by atoms with Crippen LogP contribution in [0, 0.1) is 0 Å². The summed E-state index contributed by atoms with van der Waals surface area (Å²) in [5, 5.41) is 12.5. The van der Waals surface area contributed by atoms with E-state index in [-0.39, 0.29) is 5.41 Å². The first-order chi connectivity index (χ1) is 8.91. The zero-order valence-electron chi connectivity index (χ0n) is 11.8. The summed E-state index contributed by atoms with van der Waals surface area (Å²) in [5.74, 6) is -0.768. The van der Waals surface area contributed by atoms with Crippen LogP contribution in [0.4, 0.5) is 5.69 Å². The SMILES string of the molecule is CC(C)(C)c1ccccc1N1CCNCC1C(=O)O. The molecule has 0 spiro atoms. The second-order valence-electron chi connectivity index (χ2n) is 6.02. The third kappa shape index (κ3) is 2.89. The fourth-order valence-corrected chi connectivity index (χ4v) is 2.57. The smallest absolute Gasteiger partial charge is 0.327 e. The minimum absolute atomic E-state index is 0.00449. The number of carboxylic acid groups (broad SMARTS) is 1. The highest BCUT2D eigenvalue weighted by Crippen LogP contribution is 2.33. The van der Waals surface area contributed by atoms with Crippen molar-refractivity contribution in [3.05, 3.63) is 29.8 Å². The number of nitrogens with one attached hydrogen (secondary N) is 1. The van der Waals surface area contributed by atoms with E-state index in [0.717, 1.165) is 18.8 Å². The largest absolute Gasteiger partial charge is 0.480 e. The molecule has 1 atom stereocenters. The standard InChI is InChI=1S/C15H22N2O2/c1-15(2,3)11-6-4-5-7-12(11)17-9-8-16-10-13(17)14(18)19/h4-7,13,16H,8-10H2,1-3H3,(H,18,19). The van der Waals surface area contributed by atoms with Gasteiger partial charge in [-0.1, -0.05) is 39.0 Å². The van der Waals surface area contributed by atoms with Crippen molar-refractivity contribution < 1.29 is 9.90 Å². The lowest BCUT2D eigenvalue weighted by molar-refractivity contribution is -0.138. The van der Waals surface area contributed by atoms with Gasteiger partial charge < -0.3 is 15.3 Å². The van der Waals surface area contributed by atoms with Gasteiger partial charge >= 0.3 is 5.97 Å². The summed E-state index contributed by atoms with van der Waals surface area (Å²) >= 11 is 0. The van der Waals surface area contributed by atoms with Gasteiger partial charge in [-0.2, -0.15) is 0 Å². The van der Waals surface area contributed by atoms with Gasteiger partial charge in [0.2, 0.25) is 0 Å². The minimum Gasteiger partial charge on any atom is -0.480 e. The van der Waals surface area contributed by atoms with Crippen LogP contribution in [0.25, 0.3) is 0 Å². The fraction of sp³-hybridized carbons (Fsp3) is 0.533. The zero-order valence-corrected chi connectivity index (χ0v) is 11.8. The quantitative estimate of drug-likeness (QED) is 0.854. The second-order valence-corrected chi connectivity index (χ2v) is 6.02. The van der Waals surface area contributed by atoms with Crippen LogP contribution >= 0.6 is 0 Å². The molecule has 0 aliphatic carbocycles. The Balaban J connectivity index is 2.42. The lowest BCUT2D eigenvalue weighted by atomic mass is 9.85. The van der Waals surface area contributed by atoms with Crippen LogP contribution in [-0.4, -0.2) is 36.8 Å². The summed E-state index contributed by atoms with van der Waals surface area (Å²) < 4.78 is 0. The van der Waals surface area contributed by atoms with Crippen LogP contribution in [0.3, 0.4) is 0 Å². The molecular formula is C15H22N2O2. The van der Waals surface area contributed by atoms with Crippen molar-refractivity contribution in [2.75, 3.05) is 24.5 Å². The number of piperazine rings is 1. The molecule has 4 heteroatoms. The molecule has 1 fully saturated rings. The monoisotopic (exact) mass is 262 g/mol. The molecule has 1 saturated heterocycles. The molecule has 1 heterocycles. The highest BCUT2D eigenvalue weighted by atomic mass is 16.4. The Labute approximate surface area is 114 Å². The number of rotatable bonds is 2. The maximum atomic E-state index is 11.4. The molecule has 0 aromatic heterocycles. The van der Waals surface area contributed by atoms with Crippen LogP contribution in [0.2, 0.25) is 0 Å². The molecule has 0 bridgehead atoms. The summed E-state index contributed by atoms with van der Waals surface area (Å²) in [4.78, 5) is 13.4. The molecule has 1 aliphatic heterocycles. The molecule has 1 aromatic rings. The number of anilines is 1. The van der Waals surface area contributed by atoms with Crippen molar-refractivity contribution in [3.63, 3.8) is 0 Å². The van der Waals surface area contributed by atoms with Gasteiger partial charge in [0.05, 0.1) is 0 Å². The summed E-state index contributed by atoms with van der Waals surface area (Å²) in [6.45, 7) is 8.51. The van der Waals surface area contributed by atoms with Gasteiger partial charge in [-0.05, 0) is 17.0 Å². The maximum absolute atomic E-state index is 11.4. The average molecular weight is 262 g/mol. The Morgan fingerprint density at radius 1 is 1.37 bits per heavy atom. The molecule has 19 heavy (non-hydrogen) atoms. The number of para-hydroxylation sites is 1. The molecule has 104 valence electrons. The third-order valence-corrected chi connectivity index (χ3v) is 3.55. The fourth-order valence-electron chi connectivity index (χ4n) is 2.57. The van der Waals surface area contributed by atoms with Gasteiger partial charge in [0, 0.05) is 25.3 Å². The summed E-state index contributed by atoms with van der Waals surface area (Å²) in [5.41, 5.74) is 2.25. The Bertz CT molecular complexity index is 465. The van der Waals surface area contributed by atoms with Gasteiger partial charge in [-0.25, -0.2) is 4.79 Å². The second kappa shape index (κ2) is 5.21. The maximum Gasteiger partial charge on any atom is 0.327 e. The van der Waals surface area contributed by atoms with E-state index in [4.69, 9.17) is 0 Å². The van der Waals surface area contributed by atoms with E-state index in [0.29, 0.717) is 6.54 Å². The number of hydrogen-bond acceptors (Lipinski definition) is 3. The summed E-state index contributed by atoms with van der Waals surface area (Å²) in [6, 6.07) is 7.63. The zero-order chi connectivity index (χ0) is 14.0. The predicted molar refractivity (Wildman–Crippen MR) is 76.8 cm³/mol. The van der Waals surface area contributed by atoms with Crippen LogP contribution < -0.4 is 10.2 Å². The third-order valence-electron chi connectivity index (χ3n) is 3.55. The van der Waals surface area contributed by atoms with Gasteiger partial charge in [0.15, 0.2) is 0 Å². The topological polar surface area (TPSA) is 52.6 Å². The molecule has 0 saturated carbocycles. The van der Waals surface area contributed by atoms with Gasteiger partial charge in [-0.15, -0.1) is 0 Å². The van der Waals surface area contributed by atoms with Crippen molar-refractivity contribution in [1.82, 2.24) is 5.32 Å². The number of carbonyl (C=O) groups is 1. The first-order valence-electron chi connectivity index (χ1n) is 6.71. The number of aliphatic carboxylic acids is 1. The normalized spacial score (nSPS) is 20.4. The first kappa shape index (κ1) is 13.9. The molecule has 2 rings (SSSR count). The number of nitrogens with zero attached hydrogens (tertiary/aromatic N) is 1. The van der Waals surface area contributed by atoms with Crippen molar-refractivity contribution in [1.29, 1.82) is 0 Å². The van der Waals surface area contributed by atoms with Gasteiger partial charge in [0.25, 0.3) is 0 Å². The minimum atomic E-state index is -0.768. The molecular weight excluding hydrogens is 240 g/mol. The Hall–Kier alpha value is -1.55. The van der Waals surface area contributed by atoms with Crippen molar-refractivity contribution in [2.45, 2.75) is 32.2 Å². The molecule has 1 aromatic carbocycles. The summed E-state index contributed by atoms with van der Waals surface area (Å²) in [7, 11) is 0. The summed E-state index contributed by atoms with van der Waals surface area (Å²) in [6.07, 6.45) is 0. The highest BCUT2D eigenvalue weighted by Gasteiger charge is 2.31. The van der Waals surface area contributed by atoms with Crippen LogP contribution in [-0.2, 0) is 10.2 Å². The Morgan fingerprint density at radius 3 is 2.68 bits per heavy atom. The average Bonchev–Trinajstić information content (AvgIpc) is 2.37.